The topological polar surface area (TPSA) is 59.9 Å². The van der Waals surface area contributed by atoms with Gasteiger partial charge in [-0.15, -0.1) is 0 Å². The predicted octanol–water partition coefficient (Wildman–Crippen LogP) is 4.34. The zero-order chi connectivity index (χ0) is 24.8. The maximum Gasteiger partial charge on any atom is 0.254 e. The molecule has 6 rings (SSSR count). The Morgan fingerprint density at radius 2 is 1.83 bits per heavy atom. The SMILES string of the molecule is CN1CCc2cc(Cl)c(O)cc2[C@H]2c3cccc(C(=O)N4CCN(c5ccccn5)CC4)c3CC[C@@H]21. The minimum atomic E-state index is 0.105. The van der Waals surface area contributed by atoms with Gasteiger partial charge in [-0.2, -0.15) is 0 Å². The van der Waals surface area contributed by atoms with Crippen LogP contribution in [0.15, 0.2) is 54.7 Å². The molecule has 1 N–H and O–H groups in total. The number of hydrogen-bond acceptors (Lipinski definition) is 5. The second kappa shape index (κ2) is 9.41. The Balaban J connectivity index is 1.31. The first-order valence-corrected chi connectivity index (χ1v) is 13.2. The number of phenolic OH excluding ortho intramolecular Hbond substituents is 1. The van der Waals surface area contributed by atoms with Crippen LogP contribution in [0.5, 0.6) is 5.75 Å². The van der Waals surface area contributed by atoms with Crippen LogP contribution in [-0.4, -0.2) is 71.6 Å². The van der Waals surface area contributed by atoms with Crippen molar-refractivity contribution >= 4 is 23.3 Å². The van der Waals surface area contributed by atoms with Gasteiger partial charge in [0.1, 0.15) is 11.6 Å². The minimum absolute atomic E-state index is 0.105. The van der Waals surface area contributed by atoms with Crippen LogP contribution < -0.4 is 4.90 Å². The van der Waals surface area contributed by atoms with Crippen molar-refractivity contribution in [1.82, 2.24) is 14.8 Å². The van der Waals surface area contributed by atoms with Crippen molar-refractivity contribution in [2.75, 3.05) is 44.7 Å². The molecule has 0 spiro atoms. The maximum absolute atomic E-state index is 13.8. The van der Waals surface area contributed by atoms with Crippen molar-refractivity contribution in [3.05, 3.63) is 87.6 Å². The van der Waals surface area contributed by atoms with Crippen molar-refractivity contribution in [3.8, 4) is 5.75 Å². The monoisotopic (exact) mass is 502 g/mol. The first-order valence-electron chi connectivity index (χ1n) is 12.8. The highest BCUT2D eigenvalue weighted by atomic mass is 35.5. The summed E-state index contributed by atoms with van der Waals surface area (Å²) < 4.78 is 0. The van der Waals surface area contributed by atoms with Gasteiger partial charge in [0.2, 0.25) is 0 Å². The van der Waals surface area contributed by atoms with Crippen LogP contribution >= 0.6 is 11.6 Å². The molecule has 0 radical (unpaired) electrons. The Labute approximate surface area is 217 Å². The molecule has 1 aromatic heterocycles. The molecule has 1 aliphatic carbocycles. The first kappa shape index (κ1) is 23.3. The Morgan fingerprint density at radius 3 is 2.61 bits per heavy atom. The van der Waals surface area contributed by atoms with Crippen LogP contribution in [0.25, 0.3) is 0 Å². The van der Waals surface area contributed by atoms with Crippen molar-refractivity contribution in [2.45, 2.75) is 31.2 Å². The summed E-state index contributed by atoms with van der Waals surface area (Å²) in [6, 6.07) is 16.2. The number of nitrogens with zero attached hydrogens (tertiary/aromatic N) is 4. The molecule has 3 aliphatic rings. The Bertz CT molecular complexity index is 1290. The number of rotatable bonds is 2. The van der Waals surface area contributed by atoms with E-state index in [2.05, 4.69) is 27.9 Å². The molecule has 7 heteroatoms. The lowest BCUT2D eigenvalue weighted by molar-refractivity contribution is 0.0744. The van der Waals surface area contributed by atoms with E-state index in [0.29, 0.717) is 24.2 Å². The van der Waals surface area contributed by atoms with Gasteiger partial charge in [0, 0.05) is 56.4 Å². The van der Waals surface area contributed by atoms with Crippen molar-refractivity contribution < 1.29 is 9.90 Å². The van der Waals surface area contributed by atoms with E-state index in [9.17, 15) is 9.90 Å². The summed E-state index contributed by atoms with van der Waals surface area (Å²) in [6.45, 7) is 3.87. The van der Waals surface area contributed by atoms with Crippen molar-refractivity contribution in [2.24, 2.45) is 0 Å². The Hall–Kier alpha value is -3.09. The number of carbonyl (C=O) groups is 1. The third kappa shape index (κ3) is 4.02. The van der Waals surface area contributed by atoms with Gasteiger partial charge in [-0.25, -0.2) is 4.98 Å². The number of amides is 1. The van der Waals surface area contributed by atoms with Crippen LogP contribution in [0.4, 0.5) is 5.82 Å². The Morgan fingerprint density at radius 1 is 1.00 bits per heavy atom. The molecule has 2 atom stereocenters. The van der Waals surface area contributed by atoms with Crippen LogP contribution in [0.1, 0.15) is 45.0 Å². The molecule has 2 aromatic carbocycles. The smallest absolute Gasteiger partial charge is 0.254 e. The molecule has 186 valence electrons. The summed E-state index contributed by atoms with van der Waals surface area (Å²) in [7, 11) is 2.19. The number of hydrogen-bond donors (Lipinski definition) is 1. The molecule has 6 nitrogen and oxygen atoms in total. The molecule has 0 saturated carbocycles. The summed E-state index contributed by atoms with van der Waals surface area (Å²) in [5.41, 5.74) is 5.52. The minimum Gasteiger partial charge on any atom is -0.506 e. The fourth-order valence-electron chi connectivity index (χ4n) is 6.33. The quantitative estimate of drug-likeness (QED) is 0.565. The molecule has 0 bridgehead atoms. The van der Waals surface area contributed by atoms with Crippen LogP contribution in [0, 0.1) is 0 Å². The van der Waals surface area contributed by atoms with E-state index in [1.54, 1.807) is 0 Å². The van der Waals surface area contributed by atoms with Crippen LogP contribution in [-0.2, 0) is 12.8 Å². The van der Waals surface area contributed by atoms with Crippen LogP contribution in [0.2, 0.25) is 5.02 Å². The lowest BCUT2D eigenvalue weighted by Gasteiger charge is -2.40. The van der Waals surface area contributed by atoms with Gasteiger partial charge in [0.05, 0.1) is 5.02 Å². The van der Waals surface area contributed by atoms with E-state index in [0.717, 1.165) is 61.4 Å². The number of aromatic hydroxyl groups is 1. The highest BCUT2D eigenvalue weighted by molar-refractivity contribution is 6.32. The molecule has 2 aliphatic heterocycles. The zero-order valence-corrected chi connectivity index (χ0v) is 21.3. The van der Waals surface area contributed by atoms with E-state index in [1.165, 1.54) is 11.1 Å². The lowest BCUT2D eigenvalue weighted by atomic mass is 9.73. The van der Waals surface area contributed by atoms with E-state index in [-0.39, 0.29) is 17.6 Å². The average Bonchev–Trinajstić information content (AvgIpc) is 3.05. The summed E-state index contributed by atoms with van der Waals surface area (Å²) >= 11 is 6.29. The molecule has 0 unspecified atom stereocenters. The number of carbonyl (C=O) groups excluding carboxylic acids is 1. The van der Waals surface area contributed by atoms with Crippen molar-refractivity contribution in [3.63, 3.8) is 0 Å². The number of aromatic nitrogens is 1. The van der Waals surface area contributed by atoms with Gasteiger partial charge in [-0.05, 0) is 78.9 Å². The molecule has 1 amide bonds. The van der Waals surface area contributed by atoms with E-state index in [1.807, 2.05) is 53.6 Å². The van der Waals surface area contributed by atoms with Gasteiger partial charge in [0.25, 0.3) is 5.91 Å². The summed E-state index contributed by atoms with van der Waals surface area (Å²) in [4.78, 5) is 24.9. The largest absolute Gasteiger partial charge is 0.506 e. The normalized spacial score (nSPS) is 21.8. The predicted molar refractivity (Wildman–Crippen MR) is 142 cm³/mol. The number of halogens is 1. The third-order valence-electron chi connectivity index (χ3n) is 8.24. The first-order chi connectivity index (χ1) is 17.5. The lowest BCUT2D eigenvalue weighted by Crippen LogP contribution is -2.49. The second-order valence-corrected chi connectivity index (χ2v) is 10.6. The van der Waals surface area contributed by atoms with Gasteiger partial charge >= 0.3 is 0 Å². The second-order valence-electron chi connectivity index (χ2n) is 10.2. The van der Waals surface area contributed by atoms with Gasteiger partial charge in [-0.1, -0.05) is 29.8 Å². The van der Waals surface area contributed by atoms with E-state index in [4.69, 9.17) is 11.6 Å². The standard InChI is InChI=1S/C29H31ClN4O2/c1-32-12-10-19-17-24(30)26(35)18-23(19)28-21-5-4-6-22(20(21)8-9-25(28)32)29(36)34-15-13-33(14-16-34)27-7-2-3-11-31-27/h2-7,11,17-18,25,28,35H,8-10,12-16H2,1H3/t25-,28+/m0/s1. The molecule has 3 aromatic rings. The zero-order valence-electron chi connectivity index (χ0n) is 20.5. The summed E-state index contributed by atoms with van der Waals surface area (Å²) in [6.07, 6.45) is 4.57. The molecular formula is C29H31ClN4O2. The Kier molecular flexibility index (Phi) is 6.10. The highest BCUT2D eigenvalue weighted by Crippen LogP contribution is 2.45. The van der Waals surface area contributed by atoms with Crippen LogP contribution in [0.3, 0.4) is 0 Å². The fourth-order valence-corrected chi connectivity index (χ4v) is 6.52. The number of piperazine rings is 1. The van der Waals surface area contributed by atoms with E-state index >= 15 is 0 Å². The maximum atomic E-state index is 13.8. The number of fused-ring (bicyclic) bond motifs is 5. The number of benzene rings is 2. The van der Waals surface area contributed by atoms with Gasteiger partial charge in [0.15, 0.2) is 0 Å². The summed E-state index contributed by atoms with van der Waals surface area (Å²) in [5.74, 6) is 1.32. The average molecular weight is 503 g/mol. The highest BCUT2D eigenvalue weighted by Gasteiger charge is 2.38. The van der Waals surface area contributed by atoms with Crippen molar-refractivity contribution in [1.29, 1.82) is 0 Å². The molecule has 1 saturated heterocycles. The number of likely N-dealkylation sites (N-methyl/N-ethyl adjacent to an activating group) is 1. The third-order valence-corrected chi connectivity index (χ3v) is 8.54. The molecule has 3 heterocycles. The van der Waals surface area contributed by atoms with Gasteiger partial charge in [-0.3, -0.25) is 4.79 Å². The molecule has 36 heavy (non-hydrogen) atoms. The molecular weight excluding hydrogens is 472 g/mol. The fraction of sp³-hybridized carbons (Fsp3) is 0.379. The number of phenols is 1. The molecule has 1 fully saturated rings. The number of anilines is 1. The van der Waals surface area contributed by atoms with E-state index < -0.39 is 0 Å². The summed E-state index contributed by atoms with van der Waals surface area (Å²) in [5, 5.41) is 10.9. The van der Waals surface area contributed by atoms with Gasteiger partial charge < -0.3 is 19.8 Å². The number of pyridine rings is 1.